The zero-order valence-corrected chi connectivity index (χ0v) is 5.05. The summed E-state index contributed by atoms with van der Waals surface area (Å²) in [6, 6.07) is 0. The average Bonchev–Trinajstić information content (AvgIpc) is 1.80. The number of carboxylic acids is 1. The maximum Gasteiger partial charge on any atom is 0.381 e. The third-order valence-corrected chi connectivity index (χ3v) is 0.669. The van der Waals surface area contributed by atoms with E-state index in [-0.39, 0.29) is 0 Å². The zero-order valence-electron chi connectivity index (χ0n) is 5.05. The summed E-state index contributed by atoms with van der Waals surface area (Å²) in [4.78, 5) is 9.76. The van der Waals surface area contributed by atoms with Crippen LogP contribution in [0, 0.1) is 11.8 Å². The normalized spacial score (nSPS) is 7.11. The van der Waals surface area contributed by atoms with E-state index in [9.17, 15) is 4.79 Å². The highest BCUT2D eigenvalue weighted by Gasteiger charge is 1.80. The van der Waals surface area contributed by atoms with Crippen LogP contribution in [0.4, 0.5) is 0 Å². The third-order valence-electron chi connectivity index (χ3n) is 0.669. The van der Waals surface area contributed by atoms with Crippen molar-refractivity contribution in [1.29, 1.82) is 0 Å². The van der Waals surface area contributed by atoms with E-state index >= 15 is 0 Å². The molecule has 0 saturated heterocycles. The first-order valence-corrected chi connectivity index (χ1v) is 2.60. The summed E-state index contributed by atoms with van der Waals surface area (Å²) in [5.74, 6) is 3.39. The molecular formula is C7H8O2. The van der Waals surface area contributed by atoms with Gasteiger partial charge in [0.25, 0.3) is 0 Å². The quantitative estimate of drug-likeness (QED) is 0.339. The maximum absolute atomic E-state index is 9.76. The van der Waals surface area contributed by atoms with Gasteiger partial charge < -0.3 is 5.11 Å². The van der Waals surface area contributed by atoms with Crippen LogP contribution in [0.5, 0.6) is 0 Å². The maximum atomic E-state index is 9.76. The Hall–Kier alpha value is -1.23. The van der Waals surface area contributed by atoms with Gasteiger partial charge in [0.2, 0.25) is 0 Å². The molecule has 0 aromatic carbocycles. The van der Waals surface area contributed by atoms with Crippen LogP contribution in [-0.4, -0.2) is 11.1 Å². The van der Waals surface area contributed by atoms with E-state index in [0.29, 0.717) is 6.42 Å². The molecule has 0 rings (SSSR count). The first-order chi connectivity index (χ1) is 4.27. The van der Waals surface area contributed by atoms with E-state index in [0.717, 1.165) is 6.42 Å². The lowest BCUT2D eigenvalue weighted by molar-refractivity contribution is -0.130. The van der Waals surface area contributed by atoms with Crippen LogP contribution in [0.2, 0.25) is 0 Å². The Labute approximate surface area is 54.2 Å². The van der Waals surface area contributed by atoms with E-state index in [1.54, 1.807) is 6.08 Å². The lowest BCUT2D eigenvalue weighted by Gasteiger charge is -1.76. The van der Waals surface area contributed by atoms with Crippen molar-refractivity contribution in [2.45, 2.75) is 12.8 Å². The molecule has 0 radical (unpaired) electrons. The molecule has 0 aliphatic rings. The fourth-order valence-corrected chi connectivity index (χ4v) is 0.312. The molecule has 0 spiro atoms. The molecule has 0 aliphatic carbocycles. The smallest absolute Gasteiger partial charge is 0.381 e. The Morgan fingerprint density at radius 3 is 2.89 bits per heavy atom. The van der Waals surface area contributed by atoms with E-state index in [2.05, 4.69) is 12.5 Å². The molecule has 48 valence electrons. The standard InChI is InChI=1S/C7H8O2/c1-2-3-4-5-6-7(8)9/h2H,1,3-4H2,(H,8,9). The van der Waals surface area contributed by atoms with Crippen molar-refractivity contribution < 1.29 is 9.90 Å². The number of carboxylic acid groups (broad SMARTS) is 1. The minimum absolute atomic E-state index is 0.579. The predicted octanol–water partition coefficient (Wildman–Crippen LogP) is 1.04. The van der Waals surface area contributed by atoms with Crippen LogP contribution in [0.1, 0.15) is 12.8 Å². The van der Waals surface area contributed by atoms with Crippen LogP contribution in [0.25, 0.3) is 0 Å². The van der Waals surface area contributed by atoms with Gasteiger partial charge in [0.05, 0.1) is 0 Å². The second kappa shape index (κ2) is 4.92. The second-order valence-corrected chi connectivity index (χ2v) is 1.43. The highest BCUT2D eigenvalue weighted by atomic mass is 16.4. The summed E-state index contributed by atoms with van der Waals surface area (Å²) < 4.78 is 0. The minimum Gasteiger partial charge on any atom is -0.472 e. The summed E-state index contributed by atoms with van der Waals surface area (Å²) in [5.41, 5.74) is 0. The van der Waals surface area contributed by atoms with Crippen LogP contribution in [0.3, 0.4) is 0 Å². The largest absolute Gasteiger partial charge is 0.472 e. The van der Waals surface area contributed by atoms with Gasteiger partial charge in [-0.15, -0.1) is 6.58 Å². The lowest BCUT2D eigenvalue weighted by atomic mass is 10.3. The Morgan fingerprint density at radius 1 is 1.78 bits per heavy atom. The monoisotopic (exact) mass is 124 g/mol. The topological polar surface area (TPSA) is 37.3 Å². The van der Waals surface area contributed by atoms with E-state index < -0.39 is 5.97 Å². The molecule has 0 atom stereocenters. The summed E-state index contributed by atoms with van der Waals surface area (Å²) in [7, 11) is 0. The summed E-state index contributed by atoms with van der Waals surface area (Å²) >= 11 is 0. The molecule has 2 nitrogen and oxygen atoms in total. The first-order valence-electron chi connectivity index (χ1n) is 2.60. The lowest BCUT2D eigenvalue weighted by Crippen LogP contribution is -1.85. The van der Waals surface area contributed by atoms with Gasteiger partial charge in [-0.1, -0.05) is 12.0 Å². The molecule has 0 fully saturated rings. The van der Waals surface area contributed by atoms with Gasteiger partial charge in [0.15, 0.2) is 0 Å². The Balaban J connectivity index is 3.37. The van der Waals surface area contributed by atoms with E-state index in [4.69, 9.17) is 5.11 Å². The van der Waals surface area contributed by atoms with Crippen LogP contribution < -0.4 is 0 Å². The van der Waals surface area contributed by atoms with Crippen LogP contribution >= 0.6 is 0 Å². The molecule has 0 amide bonds. The van der Waals surface area contributed by atoms with Crippen molar-refractivity contribution in [2.24, 2.45) is 0 Å². The molecule has 0 bridgehead atoms. The van der Waals surface area contributed by atoms with Crippen molar-refractivity contribution in [3.05, 3.63) is 12.7 Å². The van der Waals surface area contributed by atoms with Crippen molar-refractivity contribution >= 4 is 5.97 Å². The molecule has 0 saturated carbocycles. The van der Waals surface area contributed by atoms with Crippen LogP contribution in [0.15, 0.2) is 12.7 Å². The van der Waals surface area contributed by atoms with Gasteiger partial charge in [-0.05, 0) is 6.42 Å². The SMILES string of the molecule is C=CCCC#CC(=O)O. The van der Waals surface area contributed by atoms with Crippen molar-refractivity contribution in [3.63, 3.8) is 0 Å². The van der Waals surface area contributed by atoms with E-state index in [1.807, 2.05) is 5.92 Å². The number of hydrogen-bond donors (Lipinski definition) is 1. The fraction of sp³-hybridized carbons (Fsp3) is 0.286. The summed E-state index contributed by atoms with van der Waals surface area (Å²) in [6.45, 7) is 3.46. The predicted molar refractivity (Wildman–Crippen MR) is 34.8 cm³/mol. The first kappa shape index (κ1) is 7.77. The molecule has 0 aromatic heterocycles. The number of carbonyl (C=O) groups is 1. The number of aliphatic carboxylic acids is 1. The number of hydrogen-bond acceptors (Lipinski definition) is 1. The van der Waals surface area contributed by atoms with Crippen molar-refractivity contribution in [1.82, 2.24) is 0 Å². The Bertz CT molecular complexity index is 159. The van der Waals surface area contributed by atoms with Crippen molar-refractivity contribution in [3.8, 4) is 11.8 Å². The van der Waals surface area contributed by atoms with Gasteiger partial charge in [-0.25, -0.2) is 4.79 Å². The van der Waals surface area contributed by atoms with Gasteiger partial charge in [-0.2, -0.15) is 0 Å². The second-order valence-electron chi connectivity index (χ2n) is 1.43. The molecule has 1 N–H and O–H groups in total. The number of allylic oxidation sites excluding steroid dienone is 1. The molecule has 2 heteroatoms. The van der Waals surface area contributed by atoms with Crippen molar-refractivity contribution in [2.75, 3.05) is 0 Å². The van der Waals surface area contributed by atoms with Crippen LogP contribution in [-0.2, 0) is 4.79 Å². The summed E-state index contributed by atoms with van der Waals surface area (Å²) in [6.07, 6.45) is 3.03. The van der Waals surface area contributed by atoms with Gasteiger partial charge in [0.1, 0.15) is 0 Å². The number of rotatable bonds is 2. The molecule has 0 unspecified atom stereocenters. The average molecular weight is 124 g/mol. The highest BCUT2D eigenvalue weighted by molar-refractivity contribution is 5.86. The molecular weight excluding hydrogens is 116 g/mol. The fourth-order valence-electron chi connectivity index (χ4n) is 0.312. The minimum atomic E-state index is -1.07. The Morgan fingerprint density at radius 2 is 2.44 bits per heavy atom. The summed E-state index contributed by atoms with van der Waals surface area (Å²) in [5, 5.41) is 8.01. The zero-order chi connectivity index (χ0) is 7.11. The van der Waals surface area contributed by atoms with Gasteiger partial charge in [-0.3, -0.25) is 0 Å². The van der Waals surface area contributed by atoms with Gasteiger partial charge >= 0.3 is 5.97 Å². The highest BCUT2D eigenvalue weighted by Crippen LogP contribution is 1.84. The molecule has 9 heavy (non-hydrogen) atoms. The van der Waals surface area contributed by atoms with Gasteiger partial charge in [0, 0.05) is 12.3 Å². The Kier molecular flexibility index (Phi) is 4.25. The number of unbranched alkanes of at least 4 members (excludes halogenated alkanes) is 1. The third kappa shape index (κ3) is 6.77. The molecule has 0 aromatic rings. The molecule has 0 aliphatic heterocycles. The molecule has 0 heterocycles. The van der Waals surface area contributed by atoms with E-state index in [1.165, 1.54) is 0 Å².